The number of nitrogens with two attached hydrogens (primary N) is 1. The lowest BCUT2D eigenvalue weighted by Gasteiger charge is -2.27. The lowest BCUT2D eigenvalue weighted by Crippen LogP contribution is -2.31. The number of amides is 1. The highest BCUT2D eigenvalue weighted by Gasteiger charge is 2.23. The van der Waals surface area contributed by atoms with Crippen LogP contribution < -0.4 is 15.8 Å². The molecule has 3 N–H and O–H groups in total. The Labute approximate surface area is 151 Å². The second-order valence-corrected chi connectivity index (χ2v) is 7.55. The van der Waals surface area contributed by atoms with Gasteiger partial charge in [-0.25, -0.2) is 9.18 Å². The molecular weight excluding hydrogens is 379 g/mol. The van der Waals surface area contributed by atoms with Crippen LogP contribution in [0.3, 0.4) is 0 Å². The summed E-state index contributed by atoms with van der Waals surface area (Å²) in [5.74, 6) is 0.197. The smallest absolute Gasteiger partial charge is 0.404 e. The molecule has 1 amide bonds. The molecule has 1 atom stereocenters. The zero-order valence-electron chi connectivity index (χ0n) is 14.6. The van der Waals surface area contributed by atoms with Crippen molar-refractivity contribution in [2.45, 2.75) is 46.8 Å². The first-order valence-electron chi connectivity index (χ1n) is 7.90. The molecule has 7 heteroatoms. The Morgan fingerprint density at radius 3 is 2.62 bits per heavy atom. The van der Waals surface area contributed by atoms with Crippen LogP contribution in [-0.2, 0) is 11.3 Å². The highest BCUT2D eigenvalue weighted by molar-refractivity contribution is 9.10. The maximum atomic E-state index is 13.8. The van der Waals surface area contributed by atoms with Crippen molar-refractivity contribution in [3.8, 4) is 5.75 Å². The van der Waals surface area contributed by atoms with Gasteiger partial charge in [0.15, 0.2) is 0 Å². The maximum absolute atomic E-state index is 13.8. The predicted octanol–water partition coefficient (Wildman–Crippen LogP) is 3.98. The largest absolute Gasteiger partial charge is 0.486 e. The Bertz CT molecular complexity index is 562. The Morgan fingerprint density at radius 2 is 2.08 bits per heavy atom. The van der Waals surface area contributed by atoms with E-state index in [4.69, 9.17) is 15.2 Å². The molecule has 0 spiro atoms. The van der Waals surface area contributed by atoms with Gasteiger partial charge in [0.05, 0.1) is 4.47 Å². The average molecular weight is 405 g/mol. The van der Waals surface area contributed by atoms with Gasteiger partial charge in [0, 0.05) is 12.1 Å². The van der Waals surface area contributed by atoms with E-state index in [0.717, 1.165) is 6.54 Å². The summed E-state index contributed by atoms with van der Waals surface area (Å²) in [5, 5.41) is 3.16. The number of primary amides is 1. The fourth-order valence-corrected chi connectivity index (χ4v) is 2.74. The SMILES string of the molecule is CCNCc1c(O[C@H](COC(N)=O)CC(C)(C)C)ccc(F)c1Br. The fourth-order valence-electron chi connectivity index (χ4n) is 2.27. The molecule has 0 saturated carbocycles. The zero-order valence-corrected chi connectivity index (χ0v) is 16.2. The minimum Gasteiger partial charge on any atom is -0.486 e. The highest BCUT2D eigenvalue weighted by Crippen LogP contribution is 2.32. The monoisotopic (exact) mass is 404 g/mol. The summed E-state index contributed by atoms with van der Waals surface area (Å²) in [6, 6.07) is 2.94. The van der Waals surface area contributed by atoms with Crippen molar-refractivity contribution in [1.29, 1.82) is 0 Å². The summed E-state index contributed by atoms with van der Waals surface area (Å²) in [6.45, 7) is 9.41. The maximum Gasteiger partial charge on any atom is 0.404 e. The number of ether oxygens (including phenoxy) is 2. The average Bonchev–Trinajstić information content (AvgIpc) is 2.46. The number of halogens is 2. The number of carbonyl (C=O) groups excluding carboxylic acids is 1. The number of hydrogen-bond acceptors (Lipinski definition) is 4. The zero-order chi connectivity index (χ0) is 18.3. The lowest BCUT2D eigenvalue weighted by atomic mass is 9.89. The quantitative estimate of drug-likeness (QED) is 0.686. The Balaban J connectivity index is 3.02. The van der Waals surface area contributed by atoms with Gasteiger partial charge in [0.1, 0.15) is 24.3 Å². The second-order valence-electron chi connectivity index (χ2n) is 6.75. The number of rotatable bonds is 8. The van der Waals surface area contributed by atoms with Gasteiger partial charge in [-0.15, -0.1) is 0 Å². The molecule has 24 heavy (non-hydrogen) atoms. The van der Waals surface area contributed by atoms with Crippen molar-refractivity contribution >= 4 is 22.0 Å². The van der Waals surface area contributed by atoms with Gasteiger partial charge in [-0.1, -0.05) is 27.7 Å². The van der Waals surface area contributed by atoms with Crippen molar-refractivity contribution in [2.24, 2.45) is 11.1 Å². The first kappa shape index (κ1) is 20.7. The third kappa shape index (κ3) is 7.05. The highest BCUT2D eigenvalue weighted by atomic mass is 79.9. The van der Waals surface area contributed by atoms with E-state index in [1.807, 2.05) is 6.92 Å². The van der Waals surface area contributed by atoms with Crippen LogP contribution in [0.1, 0.15) is 39.7 Å². The van der Waals surface area contributed by atoms with Crippen molar-refractivity contribution in [2.75, 3.05) is 13.2 Å². The van der Waals surface area contributed by atoms with Gasteiger partial charge in [0.25, 0.3) is 0 Å². The van der Waals surface area contributed by atoms with Crippen LogP contribution in [0.15, 0.2) is 16.6 Å². The molecule has 1 aromatic rings. The number of carbonyl (C=O) groups is 1. The van der Waals surface area contributed by atoms with Crippen LogP contribution in [0.5, 0.6) is 5.75 Å². The van der Waals surface area contributed by atoms with E-state index < -0.39 is 6.09 Å². The molecule has 0 aliphatic rings. The molecule has 0 aliphatic carbocycles. The third-order valence-electron chi connectivity index (χ3n) is 3.25. The van der Waals surface area contributed by atoms with Crippen LogP contribution >= 0.6 is 15.9 Å². The molecule has 5 nitrogen and oxygen atoms in total. The van der Waals surface area contributed by atoms with E-state index in [9.17, 15) is 9.18 Å². The number of hydrogen-bond donors (Lipinski definition) is 2. The topological polar surface area (TPSA) is 73.6 Å². The van der Waals surface area contributed by atoms with Crippen LogP contribution in [0.25, 0.3) is 0 Å². The van der Waals surface area contributed by atoms with Crippen molar-refractivity contribution in [3.05, 3.63) is 28.0 Å². The molecule has 136 valence electrons. The summed E-state index contributed by atoms with van der Waals surface area (Å²) < 4.78 is 25.1. The van der Waals surface area contributed by atoms with Gasteiger partial charge < -0.3 is 20.5 Å². The second kappa shape index (κ2) is 9.22. The summed E-state index contributed by atoms with van der Waals surface area (Å²) in [7, 11) is 0. The standard InChI is InChI=1S/C17H26BrFN2O3/c1-5-21-9-12-14(7-6-13(19)15(12)18)24-11(8-17(2,3)4)10-23-16(20)22/h6-7,11,21H,5,8-10H2,1-4H3,(H2,20,22)/t11-/m0/s1. The fraction of sp³-hybridized carbons (Fsp3) is 0.588. The van der Waals surface area contributed by atoms with E-state index in [0.29, 0.717) is 28.8 Å². The minimum atomic E-state index is -0.842. The van der Waals surface area contributed by atoms with Crippen LogP contribution in [-0.4, -0.2) is 25.3 Å². The Kier molecular flexibility index (Phi) is 7.96. The normalized spacial score (nSPS) is 12.8. The summed E-state index contributed by atoms with van der Waals surface area (Å²) in [6.07, 6.45) is -0.573. The van der Waals surface area contributed by atoms with E-state index >= 15 is 0 Å². The van der Waals surface area contributed by atoms with Crippen molar-refractivity contribution in [1.82, 2.24) is 5.32 Å². The molecule has 1 aromatic carbocycles. The van der Waals surface area contributed by atoms with E-state index in [1.165, 1.54) is 6.07 Å². The molecule has 0 radical (unpaired) electrons. The van der Waals surface area contributed by atoms with Gasteiger partial charge in [-0.3, -0.25) is 0 Å². The van der Waals surface area contributed by atoms with Gasteiger partial charge >= 0.3 is 6.09 Å². The molecule has 0 unspecified atom stereocenters. The molecule has 0 aliphatic heterocycles. The molecule has 0 saturated heterocycles. The van der Waals surface area contributed by atoms with Gasteiger partial charge in [-0.05, 0) is 46.4 Å². The van der Waals surface area contributed by atoms with Crippen LogP contribution in [0.2, 0.25) is 0 Å². The van der Waals surface area contributed by atoms with Gasteiger partial charge in [0.2, 0.25) is 0 Å². The first-order chi connectivity index (χ1) is 11.1. The summed E-state index contributed by atoms with van der Waals surface area (Å²) in [5.41, 5.74) is 5.71. The predicted molar refractivity (Wildman–Crippen MR) is 95.5 cm³/mol. The minimum absolute atomic E-state index is 0.0369. The third-order valence-corrected chi connectivity index (χ3v) is 4.11. The van der Waals surface area contributed by atoms with Gasteiger partial charge in [-0.2, -0.15) is 0 Å². The molecule has 1 rings (SSSR count). The van der Waals surface area contributed by atoms with Crippen LogP contribution in [0.4, 0.5) is 9.18 Å². The number of nitrogens with one attached hydrogen (secondary N) is 1. The van der Waals surface area contributed by atoms with Crippen molar-refractivity contribution < 1.29 is 18.7 Å². The molecular formula is C17H26BrFN2O3. The van der Waals surface area contributed by atoms with E-state index in [2.05, 4.69) is 42.0 Å². The number of benzene rings is 1. The van der Waals surface area contributed by atoms with E-state index in [1.54, 1.807) is 6.07 Å². The van der Waals surface area contributed by atoms with Crippen molar-refractivity contribution in [3.63, 3.8) is 0 Å². The lowest BCUT2D eigenvalue weighted by molar-refractivity contribution is 0.0623. The Hall–Kier alpha value is -1.34. The first-order valence-corrected chi connectivity index (χ1v) is 8.69. The molecule has 0 bridgehead atoms. The summed E-state index contributed by atoms with van der Waals surface area (Å²) in [4.78, 5) is 10.9. The van der Waals surface area contributed by atoms with E-state index in [-0.39, 0.29) is 23.9 Å². The molecule has 0 aromatic heterocycles. The molecule has 0 fully saturated rings. The summed E-state index contributed by atoms with van der Waals surface area (Å²) >= 11 is 3.27. The Morgan fingerprint density at radius 1 is 1.42 bits per heavy atom. The van der Waals surface area contributed by atoms with Crippen LogP contribution in [0, 0.1) is 11.2 Å². The molecule has 0 heterocycles.